The van der Waals surface area contributed by atoms with Gasteiger partial charge in [0.25, 0.3) is 0 Å². The van der Waals surface area contributed by atoms with Crippen LogP contribution < -0.4 is 10.5 Å². The molecule has 4 heteroatoms. The monoisotopic (exact) mass is 274 g/mol. The van der Waals surface area contributed by atoms with Crippen LogP contribution in [0.4, 0.5) is 0 Å². The Labute approximate surface area is 120 Å². The Morgan fingerprint density at radius 1 is 1.35 bits per heavy atom. The Bertz CT molecular complexity index is 588. The van der Waals surface area contributed by atoms with Gasteiger partial charge in [-0.25, -0.2) is 4.98 Å². The average Bonchev–Trinajstić information content (AvgIpc) is 2.86. The minimum atomic E-state index is 0.385. The molecule has 0 aliphatic rings. The Morgan fingerprint density at radius 3 is 2.70 bits per heavy atom. The van der Waals surface area contributed by atoms with Crippen molar-refractivity contribution in [2.75, 3.05) is 13.7 Å². The van der Waals surface area contributed by atoms with Crippen LogP contribution in [-0.2, 0) is 6.42 Å². The minimum Gasteiger partial charge on any atom is -0.496 e. The van der Waals surface area contributed by atoms with E-state index < -0.39 is 0 Å². The molecule has 1 aromatic heterocycles. The first-order chi connectivity index (χ1) is 9.56. The molecule has 0 radical (unpaired) electrons. The quantitative estimate of drug-likeness (QED) is 0.909. The summed E-state index contributed by atoms with van der Waals surface area (Å²) in [4.78, 5) is 4.26. The van der Waals surface area contributed by atoms with E-state index in [2.05, 4.69) is 31.0 Å². The van der Waals surface area contributed by atoms with Gasteiger partial charge in [0.2, 0.25) is 0 Å². The van der Waals surface area contributed by atoms with Gasteiger partial charge in [-0.3, -0.25) is 0 Å². The van der Waals surface area contributed by atoms with Crippen molar-refractivity contribution in [3.63, 3.8) is 0 Å². The van der Waals surface area contributed by atoms with Crippen molar-refractivity contribution in [1.82, 2.24) is 4.98 Å². The molecular formula is C16H22N2O2. The molecule has 0 bridgehead atoms. The van der Waals surface area contributed by atoms with Gasteiger partial charge in [-0.15, -0.1) is 0 Å². The fourth-order valence-electron chi connectivity index (χ4n) is 2.27. The second-order valence-electron chi connectivity index (χ2n) is 5.22. The molecular weight excluding hydrogens is 252 g/mol. The molecule has 1 heterocycles. The van der Waals surface area contributed by atoms with Crippen LogP contribution in [0.5, 0.6) is 5.75 Å². The maximum Gasteiger partial charge on any atom is 0.196 e. The third-order valence-electron chi connectivity index (χ3n) is 3.38. The SMILES string of the molecule is COc1cc(C)c(-c2cnc(CCN)o2)cc1C(C)C. The van der Waals surface area contributed by atoms with Crippen molar-refractivity contribution in [3.8, 4) is 17.1 Å². The number of hydrogen-bond acceptors (Lipinski definition) is 4. The van der Waals surface area contributed by atoms with Crippen molar-refractivity contribution in [2.45, 2.75) is 33.1 Å². The van der Waals surface area contributed by atoms with Crippen LogP contribution in [-0.4, -0.2) is 18.6 Å². The van der Waals surface area contributed by atoms with E-state index in [-0.39, 0.29) is 0 Å². The zero-order valence-corrected chi connectivity index (χ0v) is 12.6. The van der Waals surface area contributed by atoms with E-state index in [1.807, 2.05) is 6.92 Å². The molecule has 0 saturated carbocycles. The summed E-state index contributed by atoms with van der Waals surface area (Å²) in [6, 6.07) is 4.18. The number of oxazole rings is 1. The predicted molar refractivity (Wildman–Crippen MR) is 80.1 cm³/mol. The summed E-state index contributed by atoms with van der Waals surface area (Å²) in [5.41, 5.74) is 8.87. The summed E-state index contributed by atoms with van der Waals surface area (Å²) >= 11 is 0. The largest absolute Gasteiger partial charge is 0.496 e. The molecule has 0 fully saturated rings. The van der Waals surface area contributed by atoms with Crippen LogP contribution in [0.25, 0.3) is 11.3 Å². The van der Waals surface area contributed by atoms with E-state index in [4.69, 9.17) is 14.9 Å². The molecule has 0 atom stereocenters. The topological polar surface area (TPSA) is 61.3 Å². The Kier molecular flexibility index (Phi) is 4.45. The summed E-state index contributed by atoms with van der Waals surface area (Å²) in [6.07, 6.45) is 2.43. The maximum absolute atomic E-state index is 5.77. The third kappa shape index (κ3) is 2.85. The fraction of sp³-hybridized carbons (Fsp3) is 0.438. The Balaban J connectivity index is 2.47. The van der Waals surface area contributed by atoms with Gasteiger partial charge >= 0.3 is 0 Å². The second-order valence-corrected chi connectivity index (χ2v) is 5.22. The van der Waals surface area contributed by atoms with E-state index in [1.165, 1.54) is 5.56 Å². The Morgan fingerprint density at radius 2 is 2.10 bits per heavy atom. The summed E-state index contributed by atoms with van der Waals surface area (Å²) < 4.78 is 11.2. The number of rotatable bonds is 5. The number of benzene rings is 1. The summed E-state index contributed by atoms with van der Waals surface area (Å²) in [5, 5.41) is 0. The number of aryl methyl sites for hydroxylation is 1. The van der Waals surface area contributed by atoms with E-state index in [9.17, 15) is 0 Å². The van der Waals surface area contributed by atoms with E-state index >= 15 is 0 Å². The fourth-order valence-corrected chi connectivity index (χ4v) is 2.27. The smallest absolute Gasteiger partial charge is 0.196 e. The second kappa shape index (κ2) is 6.09. The number of ether oxygens (including phenoxy) is 1. The zero-order chi connectivity index (χ0) is 14.7. The molecule has 0 amide bonds. The zero-order valence-electron chi connectivity index (χ0n) is 12.6. The Hall–Kier alpha value is -1.81. The summed E-state index contributed by atoms with van der Waals surface area (Å²) in [7, 11) is 1.70. The molecule has 2 N–H and O–H groups in total. The number of aromatic nitrogens is 1. The molecule has 4 nitrogen and oxygen atoms in total. The average molecular weight is 274 g/mol. The molecule has 20 heavy (non-hydrogen) atoms. The van der Waals surface area contributed by atoms with Gasteiger partial charge in [-0.1, -0.05) is 13.8 Å². The lowest BCUT2D eigenvalue weighted by Gasteiger charge is -2.15. The number of hydrogen-bond donors (Lipinski definition) is 1. The molecule has 0 spiro atoms. The lowest BCUT2D eigenvalue weighted by Crippen LogP contribution is -2.02. The highest BCUT2D eigenvalue weighted by Gasteiger charge is 2.15. The molecule has 0 saturated heterocycles. The minimum absolute atomic E-state index is 0.385. The van der Waals surface area contributed by atoms with Crippen LogP contribution in [0.1, 0.15) is 36.8 Å². The van der Waals surface area contributed by atoms with Crippen molar-refractivity contribution >= 4 is 0 Å². The number of methoxy groups -OCH3 is 1. The van der Waals surface area contributed by atoms with Crippen LogP contribution in [0.2, 0.25) is 0 Å². The van der Waals surface area contributed by atoms with Crippen LogP contribution in [0, 0.1) is 6.92 Å². The van der Waals surface area contributed by atoms with Crippen molar-refractivity contribution in [2.24, 2.45) is 5.73 Å². The van der Waals surface area contributed by atoms with E-state index in [1.54, 1.807) is 13.3 Å². The first-order valence-electron chi connectivity index (χ1n) is 6.90. The molecule has 108 valence electrons. The molecule has 2 aromatic rings. The lowest BCUT2D eigenvalue weighted by atomic mass is 9.95. The van der Waals surface area contributed by atoms with E-state index in [0.29, 0.717) is 24.8 Å². The molecule has 0 aliphatic heterocycles. The molecule has 1 aromatic carbocycles. The highest BCUT2D eigenvalue weighted by molar-refractivity contribution is 5.65. The van der Waals surface area contributed by atoms with Crippen LogP contribution >= 0.6 is 0 Å². The van der Waals surface area contributed by atoms with Gasteiger partial charge < -0.3 is 14.9 Å². The first-order valence-corrected chi connectivity index (χ1v) is 6.90. The van der Waals surface area contributed by atoms with Gasteiger partial charge in [0.05, 0.1) is 13.3 Å². The standard InChI is InChI=1S/C16H22N2O2/c1-10(2)12-8-13(11(3)7-14(12)19-4)15-9-18-16(20-15)5-6-17/h7-10H,5-6,17H2,1-4H3. The number of nitrogens with two attached hydrogens (primary N) is 1. The van der Waals surface area contributed by atoms with Gasteiger partial charge in [0.1, 0.15) is 5.75 Å². The summed E-state index contributed by atoms with van der Waals surface area (Å²) in [5.74, 6) is 2.78. The lowest BCUT2D eigenvalue weighted by molar-refractivity contribution is 0.407. The predicted octanol–water partition coefficient (Wildman–Crippen LogP) is 3.28. The van der Waals surface area contributed by atoms with Gasteiger partial charge in [0, 0.05) is 18.5 Å². The van der Waals surface area contributed by atoms with Crippen LogP contribution in [0.15, 0.2) is 22.7 Å². The van der Waals surface area contributed by atoms with E-state index in [0.717, 1.165) is 22.6 Å². The normalized spacial score (nSPS) is 11.1. The van der Waals surface area contributed by atoms with Gasteiger partial charge in [-0.2, -0.15) is 0 Å². The molecule has 0 aliphatic carbocycles. The molecule has 0 unspecified atom stereocenters. The van der Waals surface area contributed by atoms with Crippen molar-refractivity contribution in [1.29, 1.82) is 0 Å². The number of nitrogens with zero attached hydrogens (tertiary/aromatic N) is 1. The maximum atomic E-state index is 5.77. The van der Waals surface area contributed by atoms with Crippen molar-refractivity contribution in [3.05, 3.63) is 35.3 Å². The summed E-state index contributed by atoms with van der Waals surface area (Å²) in [6.45, 7) is 6.89. The highest BCUT2D eigenvalue weighted by atomic mass is 16.5. The van der Waals surface area contributed by atoms with Crippen molar-refractivity contribution < 1.29 is 9.15 Å². The third-order valence-corrected chi connectivity index (χ3v) is 3.38. The van der Waals surface area contributed by atoms with Gasteiger partial charge in [-0.05, 0) is 36.1 Å². The molecule has 2 rings (SSSR count). The van der Waals surface area contributed by atoms with Gasteiger partial charge in [0.15, 0.2) is 11.7 Å². The van der Waals surface area contributed by atoms with Crippen LogP contribution in [0.3, 0.4) is 0 Å². The highest BCUT2D eigenvalue weighted by Crippen LogP contribution is 2.34. The first kappa shape index (κ1) is 14.6.